The van der Waals surface area contributed by atoms with Gasteiger partial charge < -0.3 is 19.3 Å². The van der Waals surface area contributed by atoms with E-state index in [-0.39, 0.29) is 17.2 Å². The summed E-state index contributed by atoms with van der Waals surface area (Å²) in [7, 11) is -0.773. The zero-order valence-electron chi connectivity index (χ0n) is 21.4. The summed E-state index contributed by atoms with van der Waals surface area (Å²) in [6, 6.07) is 21.0. The molecule has 0 bridgehead atoms. The Balaban J connectivity index is 1.50. The largest absolute Gasteiger partial charge is 0.497 e. The maximum Gasteiger partial charge on any atom is 0.241 e. The van der Waals surface area contributed by atoms with Gasteiger partial charge in [-0.25, -0.2) is 8.42 Å². The summed E-state index contributed by atoms with van der Waals surface area (Å²) in [6.45, 7) is 4.09. The number of rotatable bonds is 9. The molecule has 37 heavy (non-hydrogen) atoms. The molecular formula is C28H33N3O5S. The van der Waals surface area contributed by atoms with Crippen molar-refractivity contribution in [2.24, 2.45) is 0 Å². The molecular weight excluding hydrogens is 490 g/mol. The standard InChI is InChI=1S/C28H33N3O5S/c1-21-19-25(13-14-27(21)36-3)37(33,34)29-26(20-22-7-5-4-6-8-22)28(32)31-17-15-30(16-18-31)23-9-11-24(35-2)12-10-23/h4-14,19,26,29H,15-18,20H2,1-3H3/t26-/m1/s1. The van der Waals surface area contributed by atoms with Gasteiger partial charge in [0.05, 0.1) is 19.1 Å². The lowest BCUT2D eigenvalue weighted by Crippen LogP contribution is -2.55. The molecule has 1 aliphatic heterocycles. The van der Waals surface area contributed by atoms with E-state index in [2.05, 4.69) is 9.62 Å². The van der Waals surface area contributed by atoms with Crippen molar-refractivity contribution >= 4 is 21.6 Å². The third-order valence-corrected chi connectivity index (χ3v) is 8.05. The van der Waals surface area contributed by atoms with E-state index in [9.17, 15) is 13.2 Å². The number of amides is 1. The van der Waals surface area contributed by atoms with Crippen LogP contribution in [-0.4, -0.2) is 65.7 Å². The van der Waals surface area contributed by atoms with E-state index in [1.54, 1.807) is 31.1 Å². The second-order valence-corrected chi connectivity index (χ2v) is 10.7. The topological polar surface area (TPSA) is 88.2 Å². The minimum atomic E-state index is -3.95. The highest BCUT2D eigenvalue weighted by molar-refractivity contribution is 7.89. The molecule has 4 rings (SSSR count). The highest BCUT2D eigenvalue weighted by atomic mass is 32.2. The van der Waals surface area contributed by atoms with Crippen LogP contribution in [0.5, 0.6) is 11.5 Å². The Bertz CT molecular complexity index is 1310. The lowest BCUT2D eigenvalue weighted by molar-refractivity contribution is -0.133. The number of ether oxygens (including phenoxy) is 2. The quantitative estimate of drug-likeness (QED) is 0.463. The van der Waals surface area contributed by atoms with Crippen LogP contribution in [0.25, 0.3) is 0 Å². The third-order valence-electron chi connectivity index (χ3n) is 6.58. The number of benzene rings is 3. The maximum atomic E-state index is 13.6. The molecule has 1 amide bonds. The fraction of sp³-hybridized carbons (Fsp3) is 0.321. The average Bonchev–Trinajstić information content (AvgIpc) is 2.93. The van der Waals surface area contributed by atoms with E-state index in [1.165, 1.54) is 13.2 Å². The van der Waals surface area contributed by atoms with Crippen molar-refractivity contribution in [1.82, 2.24) is 9.62 Å². The van der Waals surface area contributed by atoms with Gasteiger partial charge in [-0.15, -0.1) is 0 Å². The van der Waals surface area contributed by atoms with Crippen molar-refractivity contribution in [3.05, 3.63) is 83.9 Å². The van der Waals surface area contributed by atoms with E-state index >= 15 is 0 Å². The predicted octanol–water partition coefficient (Wildman–Crippen LogP) is 3.25. The van der Waals surface area contributed by atoms with Crippen LogP contribution in [0.3, 0.4) is 0 Å². The van der Waals surface area contributed by atoms with Gasteiger partial charge in [0.25, 0.3) is 0 Å². The van der Waals surface area contributed by atoms with E-state index in [0.29, 0.717) is 37.5 Å². The third kappa shape index (κ3) is 6.42. The average molecular weight is 524 g/mol. The molecule has 1 heterocycles. The van der Waals surface area contributed by atoms with E-state index in [1.807, 2.05) is 54.6 Å². The number of nitrogens with one attached hydrogen (secondary N) is 1. The van der Waals surface area contributed by atoms with Gasteiger partial charge in [0.1, 0.15) is 17.5 Å². The fourth-order valence-corrected chi connectivity index (χ4v) is 5.77. The number of methoxy groups -OCH3 is 2. The molecule has 0 aromatic heterocycles. The molecule has 1 atom stereocenters. The molecule has 1 aliphatic rings. The Morgan fingerprint density at radius 3 is 2.19 bits per heavy atom. The van der Waals surface area contributed by atoms with Crippen LogP contribution in [0.4, 0.5) is 5.69 Å². The zero-order chi connectivity index (χ0) is 26.4. The molecule has 8 nitrogen and oxygen atoms in total. The lowest BCUT2D eigenvalue weighted by atomic mass is 10.1. The van der Waals surface area contributed by atoms with E-state index in [4.69, 9.17) is 9.47 Å². The maximum absolute atomic E-state index is 13.6. The lowest BCUT2D eigenvalue weighted by Gasteiger charge is -2.37. The van der Waals surface area contributed by atoms with Gasteiger partial charge in [-0.3, -0.25) is 4.79 Å². The number of carbonyl (C=O) groups excluding carboxylic acids is 1. The Morgan fingerprint density at radius 1 is 0.919 bits per heavy atom. The molecule has 3 aromatic rings. The van der Waals surface area contributed by atoms with Crippen molar-refractivity contribution in [3.8, 4) is 11.5 Å². The Kier molecular flexibility index (Phi) is 8.35. The molecule has 1 N–H and O–H groups in total. The minimum absolute atomic E-state index is 0.0981. The predicted molar refractivity (Wildman–Crippen MR) is 144 cm³/mol. The molecule has 0 aliphatic carbocycles. The van der Waals surface area contributed by atoms with Crippen LogP contribution in [0.15, 0.2) is 77.7 Å². The second kappa shape index (κ2) is 11.7. The molecule has 0 unspecified atom stereocenters. The molecule has 0 spiro atoms. The summed E-state index contributed by atoms with van der Waals surface area (Å²) < 4.78 is 39.8. The Hall–Kier alpha value is -3.56. The molecule has 1 fully saturated rings. The number of aryl methyl sites for hydroxylation is 1. The minimum Gasteiger partial charge on any atom is -0.497 e. The molecule has 3 aromatic carbocycles. The van der Waals surface area contributed by atoms with Crippen LogP contribution in [0.2, 0.25) is 0 Å². The van der Waals surface area contributed by atoms with Crippen molar-refractivity contribution in [2.45, 2.75) is 24.3 Å². The van der Waals surface area contributed by atoms with Gasteiger partial charge >= 0.3 is 0 Å². The number of hydrogen-bond acceptors (Lipinski definition) is 6. The van der Waals surface area contributed by atoms with E-state index < -0.39 is 16.1 Å². The molecule has 0 saturated carbocycles. The molecule has 196 valence electrons. The first-order chi connectivity index (χ1) is 17.8. The first-order valence-electron chi connectivity index (χ1n) is 12.2. The van der Waals surface area contributed by atoms with Crippen LogP contribution in [0, 0.1) is 6.92 Å². The van der Waals surface area contributed by atoms with Crippen LogP contribution >= 0.6 is 0 Å². The van der Waals surface area contributed by atoms with Gasteiger partial charge in [-0.05, 0) is 66.9 Å². The number of sulfonamides is 1. The monoisotopic (exact) mass is 523 g/mol. The van der Waals surface area contributed by atoms with Gasteiger partial charge in [0.2, 0.25) is 15.9 Å². The van der Waals surface area contributed by atoms with Crippen LogP contribution < -0.4 is 19.1 Å². The van der Waals surface area contributed by atoms with Gasteiger partial charge in [0.15, 0.2) is 0 Å². The smallest absolute Gasteiger partial charge is 0.241 e. The SMILES string of the molecule is COc1ccc(N2CCN(C(=O)[C@@H](Cc3ccccc3)NS(=O)(=O)c3ccc(OC)c(C)c3)CC2)cc1. The second-order valence-electron chi connectivity index (χ2n) is 9.01. The van der Waals surface area contributed by atoms with Crippen molar-refractivity contribution in [1.29, 1.82) is 0 Å². The summed E-state index contributed by atoms with van der Waals surface area (Å²) in [5.41, 5.74) is 2.64. The highest BCUT2D eigenvalue weighted by Crippen LogP contribution is 2.23. The highest BCUT2D eigenvalue weighted by Gasteiger charge is 2.31. The summed E-state index contributed by atoms with van der Waals surface area (Å²) in [5.74, 6) is 1.17. The van der Waals surface area contributed by atoms with Crippen LogP contribution in [-0.2, 0) is 21.2 Å². The van der Waals surface area contributed by atoms with Crippen molar-refractivity contribution in [2.75, 3.05) is 45.3 Å². The number of carbonyl (C=O) groups is 1. The Labute approximate surface area is 218 Å². The Morgan fingerprint density at radius 2 is 1.59 bits per heavy atom. The fourth-order valence-electron chi connectivity index (χ4n) is 4.50. The molecule has 1 saturated heterocycles. The summed E-state index contributed by atoms with van der Waals surface area (Å²) >= 11 is 0. The van der Waals surface area contributed by atoms with Gasteiger partial charge in [0, 0.05) is 31.9 Å². The summed E-state index contributed by atoms with van der Waals surface area (Å²) in [6.07, 6.45) is 0.257. The summed E-state index contributed by atoms with van der Waals surface area (Å²) in [5, 5.41) is 0. The van der Waals surface area contributed by atoms with E-state index in [0.717, 1.165) is 17.0 Å². The van der Waals surface area contributed by atoms with Gasteiger partial charge in [-0.1, -0.05) is 30.3 Å². The molecule has 9 heteroatoms. The normalized spacial score (nSPS) is 14.8. The summed E-state index contributed by atoms with van der Waals surface area (Å²) in [4.78, 5) is 17.7. The van der Waals surface area contributed by atoms with Crippen molar-refractivity contribution < 1.29 is 22.7 Å². The number of anilines is 1. The molecule has 0 radical (unpaired) electrons. The number of piperazine rings is 1. The van der Waals surface area contributed by atoms with Crippen LogP contribution in [0.1, 0.15) is 11.1 Å². The number of hydrogen-bond donors (Lipinski definition) is 1. The number of nitrogens with zero attached hydrogens (tertiary/aromatic N) is 2. The van der Waals surface area contributed by atoms with Crippen molar-refractivity contribution in [3.63, 3.8) is 0 Å². The zero-order valence-corrected chi connectivity index (χ0v) is 22.2. The van der Waals surface area contributed by atoms with Gasteiger partial charge in [-0.2, -0.15) is 4.72 Å². The first kappa shape index (κ1) is 26.5. The first-order valence-corrected chi connectivity index (χ1v) is 13.7.